The molecule has 20 heavy (non-hydrogen) atoms. The second-order valence-corrected chi connectivity index (χ2v) is 7.50. The number of unbranched alkanes of at least 4 members (excludes halogenated alkanes) is 1. The predicted octanol–water partition coefficient (Wildman–Crippen LogP) is 0.605. The van der Waals surface area contributed by atoms with Gasteiger partial charge in [-0.25, -0.2) is 0 Å². The SMILES string of the molecule is C=C(C)C(O)NCCC[N+](C)(C)CCCCS(=O)(=O)O. The Morgan fingerprint density at radius 2 is 1.80 bits per heavy atom. The van der Waals surface area contributed by atoms with Gasteiger partial charge in [-0.05, 0) is 25.3 Å². The van der Waals surface area contributed by atoms with Gasteiger partial charge >= 0.3 is 0 Å². The smallest absolute Gasteiger partial charge is 0.264 e. The number of rotatable bonds is 11. The lowest BCUT2D eigenvalue weighted by molar-refractivity contribution is -0.890. The van der Waals surface area contributed by atoms with Crippen molar-refractivity contribution in [1.29, 1.82) is 0 Å². The highest BCUT2D eigenvalue weighted by Gasteiger charge is 2.15. The number of hydrogen-bond acceptors (Lipinski definition) is 4. The van der Waals surface area contributed by atoms with Crippen LogP contribution in [0.2, 0.25) is 0 Å². The van der Waals surface area contributed by atoms with Gasteiger partial charge < -0.3 is 9.59 Å². The van der Waals surface area contributed by atoms with Crippen molar-refractivity contribution in [1.82, 2.24) is 5.32 Å². The molecule has 0 radical (unpaired) electrons. The number of quaternary nitrogens is 1. The average molecular weight is 309 g/mol. The van der Waals surface area contributed by atoms with E-state index in [1.165, 1.54) is 0 Å². The molecule has 7 heteroatoms. The predicted molar refractivity (Wildman–Crippen MR) is 80.9 cm³/mol. The van der Waals surface area contributed by atoms with E-state index in [0.29, 0.717) is 18.5 Å². The van der Waals surface area contributed by atoms with Crippen LogP contribution in [-0.4, -0.2) is 68.3 Å². The van der Waals surface area contributed by atoms with Gasteiger partial charge in [0.05, 0.1) is 32.9 Å². The number of hydrogen-bond donors (Lipinski definition) is 3. The van der Waals surface area contributed by atoms with Gasteiger partial charge in [-0.2, -0.15) is 8.42 Å². The summed E-state index contributed by atoms with van der Waals surface area (Å²) in [5.74, 6) is -0.167. The van der Waals surface area contributed by atoms with E-state index in [9.17, 15) is 13.5 Å². The van der Waals surface area contributed by atoms with Crippen LogP contribution in [0.4, 0.5) is 0 Å². The van der Waals surface area contributed by atoms with Crippen LogP contribution in [-0.2, 0) is 10.1 Å². The Bertz CT molecular complexity index is 393. The van der Waals surface area contributed by atoms with Crippen LogP contribution >= 0.6 is 0 Å². The minimum absolute atomic E-state index is 0.167. The van der Waals surface area contributed by atoms with E-state index >= 15 is 0 Å². The molecule has 0 aromatic heterocycles. The summed E-state index contributed by atoms with van der Waals surface area (Å²) in [4.78, 5) is 0. The summed E-state index contributed by atoms with van der Waals surface area (Å²) < 4.78 is 30.6. The molecule has 0 saturated heterocycles. The second-order valence-electron chi connectivity index (χ2n) is 5.93. The molecule has 3 N–H and O–H groups in total. The third kappa shape index (κ3) is 11.4. The van der Waals surface area contributed by atoms with Crippen LogP contribution in [0.25, 0.3) is 0 Å². The topological polar surface area (TPSA) is 86.6 Å². The van der Waals surface area contributed by atoms with Crippen molar-refractivity contribution in [2.24, 2.45) is 0 Å². The van der Waals surface area contributed by atoms with Crippen molar-refractivity contribution in [3.05, 3.63) is 12.2 Å². The van der Waals surface area contributed by atoms with Crippen molar-refractivity contribution < 1.29 is 22.6 Å². The van der Waals surface area contributed by atoms with E-state index in [1.54, 1.807) is 6.92 Å². The van der Waals surface area contributed by atoms with E-state index in [-0.39, 0.29) is 5.75 Å². The van der Waals surface area contributed by atoms with Gasteiger partial charge in [-0.15, -0.1) is 0 Å². The zero-order chi connectivity index (χ0) is 15.8. The maximum absolute atomic E-state index is 10.6. The number of aliphatic hydroxyl groups excluding tert-OH is 1. The fourth-order valence-corrected chi connectivity index (χ4v) is 2.43. The van der Waals surface area contributed by atoms with Crippen LogP contribution in [0.3, 0.4) is 0 Å². The van der Waals surface area contributed by atoms with E-state index < -0.39 is 16.3 Å². The third-order valence-electron chi connectivity index (χ3n) is 3.16. The van der Waals surface area contributed by atoms with E-state index in [1.807, 2.05) is 0 Å². The molecule has 0 aromatic carbocycles. The molecular formula is C13H29N2O4S+. The molecule has 6 nitrogen and oxygen atoms in total. The molecule has 0 aliphatic carbocycles. The van der Waals surface area contributed by atoms with Crippen LogP contribution < -0.4 is 5.32 Å². The fourth-order valence-electron chi connectivity index (χ4n) is 1.86. The minimum Gasteiger partial charge on any atom is -0.375 e. The van der Waals surface area contributed by atoms with Crippen LogP contribution in [0.15, 0.2) is 12.2 Å². The molecule has 0 aromatic rings. The van der Waals surface area contributed by atoms with Gasteiger partial charge in [0.25, 0.3) is 10.1 Å². The Kier molecular flexibility index (Phi) is 8.53. The zero-order valence-electron chi connectivity index (χ0n) is 12.8. The summed E-state index contributed by atoms with van der Waals surface area (Å²) in [5.41, 5.74) is 0.698. The Morgan fingerprint density at radius 1 is 1.25 bits per heavy atom. The second kappa shape index (κ2) is 8.74. The summed E-state index contributed by atoms with van der Waals surface area (Å²) in [6.45, 7) is 7.94. The maximum Gasteiger partial charge on any atom is 0.264 e. The molecule has 0 rings (SSSR count). The Morgan fingerprint density at radius 3 is 2.30 bits per heavy atom. The summed E-state index contributed by atoms with van der Waals surface area (Å²) in [7, 11) is 0.338. The van der Waals surface area contributed by atoms with E-state index in [0.717, 1.165) is 30.4 Å². The quantitative estimate of drug-likeness (QED) is 0.171. The zero-order valence-corrected chi connectivity index (χ0v) is 13.6. The van der Waals surface area contributed by atoms with Crippen LogP contribution in [0, 0.1) is 0 Å². The fraction of sp³-hybridized carbons (Fsp3) is 0.846. The molecule has 1 atom stereocenters. The average Bonchev–Trinajstić information content (AvgIpc) is 2.29. The molecule has 0 heterocycles. The highest BCUT2D eigenvalue weighted by molar-refractivity contribution is 7.85. The van der Waals surface area contributed by atoms with Crippen molar-refractivity contribution in [3.8, 4) is 0 Å². The van der Waals surface area contributed by atoms with Gasteiger partial charge in [0.2, 0.25) is 0 Å². The minimum atomic E-state index is -3.83. The Hall–Kier alpha value is -0.470. The molecule has 0 bridgehead atoms. The van der Waals surface area contributed by atoms with Gasteiger partial charge in [0.15, 0.2) is 0 Å². The lowest BCUT2D eigenvalue weighted by atomic mass is 10.2. The van der Waals surface area contributed by atoms with Gasteiger partial charge in [-0.3, -0.25) is 9.87 Å². The molecule has 120 valence electrons. The highest BCUT2D eigenvalue weighted by Crippen LogP contribution is 2.04. The Balaban J connectivity index is 3.76. The maximum atomic E-state index is 10.6. The summed E-state index contributed by atoms with van der Waals surface area (Å²) in [5, 5.41) is 12.5. The van der Waals surface area contributed by atoms with E-state index in [4.69, 9.17) is 4.55 Å². The van der Waals surface area contributed by atoms with Crippen molar-refractivity contribution in [3.63, 3.8) is 0 Å². The number of nitrogens with one attached hydrogen (secondary N) is 1. The molecule has 0 aliphatic rings. The molecular weight excluding hydrogens is 280 g/mol. The summed E-state index contributed by atoms with van der Waals surface area (Å²) in [6.07, 6.45) is 1.50. The lowest BCUT2D eigenvalue weighted by Crippen LogP contribution is -2.43. The molecule has 0 fully saturated rings. The first-order valence-corrected chi connectivity index (χ1v) is 8.48. The molecule has 0 amide bonds. The number of aliphatic hydroxyl groups is 1. The molecule has 0 aliphatic heterocycles. The van der Waals surface area contributed by atoms with Crippen molar-refractivity contribution in [2.45, 2.75) is 32.4 Å². The molecule has 1 unspecified atom stereocenters. The largest absolute Gasteiger partial charge is 0.375 e. The first-order valence-electron chi connectivity index (χ1n) is 6.87. The molecule has 0 spiro atoms. The first-order chi connectivity index (χ1) is 9.03. The summed E-state index contributed by atoms with van der Waals surface area (Å²) >= 11 is 0. The molecule has 0 saturated carbocycles. The Labute approximate surface area is 122 Å². The van der Waals surface area contributed by atoms with Gasteiger partial charge in [0, 0.05) is 13.0 Å². The summed E-state index contributed by atoms with van der Waals surface area (Å²) in [6, 6.07) is 0. The van der Waals surface area contributed by atoms with Crippen molar-refractivity contribution >= 4 is 10.1 Å². The highest BCUT2D eigenvalue weighted by atomic mass is 32.2. The van der Waals surface area contributed by atoms with Crippen LogP contribution in [0.1, 0.15) is 26.2 Å². The third-order valence-corrected chi connectivity index (χ3v) is 3.97. The van der Waals surface area contributed by atoms with Crippen LogP contribution in [0.5, 0.6) is 0 Å². The van der Waals surface area contributed by atoms with Gasteiger partial charge in [-0.1, -0.05) is 6.58 Å². The number of nitrogens with zero attached hydrogens (tertiary/aromatic N) is 1. The lowest BCUT2D eigenvalue weighted by Gasteiger charge is -2.30. The first kappa shape index (κ1) is 19.5. The normalized spacial score (nSPS) is 14.2. The monoisotopic (exact) mass is 309 g/mol. The van der Waals surface area contributed by atoms with E-state index in [2.05, 4.69) is 26.0 Å². The van der Waals surface area contributed by atoms with Crippen molar-refractivity contribution in [2.75, 3.05) is 39.5 Å². The standard InChI is InChI=1S/C13H28N2O4S/c1-12(2)13(16)14-8-7-10-15(3,4)9-5-6-11-20(17,18)19/h13-14,16H,1,5-11H2,2-4H3/p+1. The van der Waals surface area contributed by atoms with Gasteiger partial charge in [0.1, 0.15) is 6.23 Å².